The quantitative estimate of drug-likeness (QED) is 0.769. The Morgan fingerprint density at radius 2 is 2.00 bits per heavy atom. The smallest absolute Gasteiger partial charge is 0.179 e. The van der Waals surface area contributed by atoms with Crippen molar-refractivity contribution in [2.45, 2.75) is 33.4 Å². The van der Waals surface area contributed by atoms with Crippen LogP contribution < -0.4 is 9.64 Å². The highest BCUT2D eigenvalue weighted by Gasteiger charge is 2.28. The van der Waals surface area contributed by atoms with Gasteiger partial charge in [-0.15, -0.1) is 0 Å². The summed E-state index contributed by atoms with van der Waals surface area (Å²) < 4.78 is 5.64. The third kappa shape index (κ3) is 2.54. The molecule has 0 aromatic heterocycles. The van der Waals surface area contributed by atoms with Crippen LogP contribution in [0.5, 0.6) is 5.75 Å². The van der Waals surface area contributed by atoms with Gasteiger partial charge in [0.25, 0.3) is 0 Å². The van der Waals surface area contributed by atoms with Crippen LogP contribution in [-0.4, -0.2) is 19.1 Å². The molecule has 0 fully saturated rings. The van der Waals surface area contributed by atoms with Crippen LogP contribution in [0.1, 0.15) is 27.2 Å². The van der Waals surface area contributed by atoms with E-state index < -0.39 is 0 Å². The van der Waals surface area contributed by atoms with Gasteiger partial charge < -0.3 is 9.64 Å². The van der Waals surface area contributed by atoms with Crippen molar-refractivity contribution in [3.63, 3.8) is 0 Å². The predicted molar refractivity (Wildman–Crippen MR) is 65.9 cm³/mol. The molecule has 0 N–H and O–H groups in total. The average molecular weight is 221 g/mol. The van der Waals surface area contributed by atoms with Gasteiger partial charge in [0.2, 0.25) is 0 Å². The van der Waals surface area contributed by atoms with Gasteiger partial charge in [-0.2, -0.15) is 0 Å². The second-order valence-corrected chi connectivity index (χ2v) is 3.56. The molecule has 1 aliphatic rings. The third-order valence-electron chi connectivity index (χ3n) is 2.40. The highest BCUT2D eigenvalue weighted by molar-refractivity contribution is 5.77. The molecule has 2 rings (SSSR count). The Bertz CT molecular complexity index is 363. The Hall–Kier alpha value is -1.51. The van der Waals surface area contributed by atoms with E-state index in [0.29, 0.717) is 6.42 Å². The zero-order chi connectivity index (χ0) is 12.1. The van der Waals surface area contributed by atoms with Crippen molar-refractivity contribution < 1.29 is 9.53 Å². The molecule has 1 unspecified atom stereocenters. The van der Waals surface area contributed by atoms with Crippen molar-refractivity contribution in [2.75, 3.05) is 11.9 Å². The summed E-state index contributed by atoms with van der Waals surface area (Å²) in [4.78, 5) is 13.0. The molecule has 0 saturated carbocycles. The molecule has 1 aromatic carbocycles. The first-order valence-electron chi connectivity index (χ1n) is 5.66. The predicted octanol–water partition coefficient (Wildman–Crippen LogP) is 2.85. The van der Waals surface area contributed by atoms with E-state index in [9.17, 15) is 4.79 Å². The van der Waals surface area contributed by atoms with E-state index >= 15 is 0 Å². The minimum atomic E-state index is -0.134. The lowest BCUT2D eigenvalue weighted by Crippen LogP contribution is -2.32. The minimum absolute atomic E-state index is 0.134. The van der Waals surface area contributed by atoms with E-state index in [-0.39, 0.29) is 12.0 Å². The van der Waals surface area contributed by atoms with E-state index in [1.54, 1.807) is 6.92 Å². The van der Waals surface area contributed by atoms with Crippen molar-refractivity contribution in [1.82, 2.24) is 0 Å². The molecule has 1 atom stereocenters. The van der Waals surface area contributed by atoms with Crippen LogP contribution in [0, 0.1) is 0 Å². The number of ketones is 1. The number of carbonyl (C=O) groups excluding carboxylic acids is 1. The highest BCUT2D eigenvalue weighted by Crippen LogP contribution is 2.36. The van der Waals surface area contributed by atoms with Gasteiger partial charge in [0.15, 0.2) is 6.23 Å². The Morgan fingerprint density at radius 1 is 1.38 bits per heavy atom. The lowest BCUT2D eigenvalue weighted by molar-refractivity contribution is -0.118. The number of Topliss-reactive ketones (excluding diaryl/α,β-unsaturated/α-hetero) is 1. The summed E-state index contributed by atoms with van der Waals surface area (Å²) in [7, 11) is 1.94. The van der Waals surface area contributed by atoms with Crippen LogP contribution in [0.15, 0.2) is 24.3 Å². The van der Waals surface area contributed by atoms with E-state index in [1.807, 2.05) is 50.1 Å². The number of anilines is 1. The molecule has 3 heteroatoms. The first-order chi connectivity index (χ1) is 7.68. The van der Waals surface area contributed by atoms with E-state index in [0.717, 1.165) is 11.4 Å². The zero-order valence-electron chi connectivity index (χ0n) is 10.4. The average Bonchev–Trinajstić information content (AvgIpc) is 2.59. The van der Waals surface area contributed by atoms with Crippen LogP contribution in [0.25, 0.3) is 0 Å². The molecule has 0 amide bonds. The molecule has 0 bridgehead atoms. The number of hydrogen-bond acceptors (Lipinski definition) is 3. The highest BCUT2D eigenvalue weighted by atomic mass is 16.5. The van der Waals surface area contributed by atoms with E-state index in [2.05, 4.69) is 0 Å². The van der Waals surface area contributed by atoms with Crippen LogP contribution in [0.2, 0.25) is 0 Å². The van der Waals surface area contributed by atoms with Crippen molar-refractivity contribution >= 4 is 11.5 Å². The maximum absolute atomic E-state index is 11.0. The van der Waals surface area contributed by atoms with E-state index in [1.165, 1.54) is 0 Å². The van der Waals surface area contributed by atoms with Crippen molar-refractivity contribution in [2.24, 2.45) is 0 Å². The summed E-state index contributed by atoms with van der Waals surface area (Å²) in [6.45, 7) is 5.58. The van der Waals surface area contributed by atoms with E-state index in [4.69, 9.17) is 4.74 Å². The van der Waals surface area contributed by atoms with Gasteiger partial charge in [-0.3, -0.25) is 4.79 Å². The Balaban J connectivity index is 0.000000606. The number of ether oxygens (including phenoxy) is 1. The van der Waals surface area contributed by atoms with Gasteiger partial charge in [-0.25, -0.2) is 0 Å². The summed E-state index contributed by atoms with van der Waals surface area (Å²) in [5.74, 6) is 1.01. The number of fused-ring (bicyclic) bond motifs is 1. The second-order valence-electron chi connectivity index (χ2n) is 3.56. The fourth-order valence-electron chi connectivity index (χ4n) is 1.65. The molecule has 0 spiro atoms. The molecule has 1 aromatic rings. The standard InChI is InChI=1S/C11H13NO2.C2H6/c1-8(13)7-11-12(2)9-5-3-4-6-10(9)14-11;1-2/h3-6,11H,7H2,1-2H3;1-2H3. The number of para-hydroxylation sites is 2. The molecule has 1 heterocycles. The van der Waals surface area contributed by atoms with Gasteiger partial charge in [-0.1, -0.05) is 26.0 Å². The van der Waals surface area contributed by atoms with Crippen molar-refractivity contribution in [3.05, 3.63) is 24.3 Å². The Labute approximate surface area is 97.0 Å². The largest absolute Gasteiger partial charge is 0.468 e. The lowest BCUT2D eigenvalue weighted by atomic mass is 10.2. The Morgan fingerprint density at radius 3 is 2.56 bits per heavy atom. The number of carbonyl (C=O) groups is 1. The molecular weight excluding hydrogens is 202 g/mol. The monoisotopic (exact) mass is 221 g/mol. The van der Waals surface area contributed by atoms with Crippen molar-refractivity contribution in [1.29, 1.82) is 0 Å². The van der Waals surface area contributed by atoms with Crippen LogP contribution in [0.3, 0.4) is 0 Å². The SMILES string of the molecule is CC.CC(=O)CC1Oc2ccccc2N1C. The third-order valence-corrected chi connectivity index (χ3v) is 2.40. The van der Waals surface area contributed by atoms with Gasteiger partial charge in [-0.05, 0) is 19.1 Å². The first kappa shape index (κ1) is 12.6. The molecule has 0 aliphatic carbocycles. The fraction of sp³-hybridized carbons (Fsp3) is 0.462. The second kappa shape index (κ2) is 5.54. The van der Waals surface area contributed by atoms with Gasteiger partial charge in [0, 0.05) is 7.05 Å². The molecular formula is C13H19NO2. The lowest BCUT2D eigenvalue weighted by Gasteiger charge is -2.18. The number of benzene rings is 1. The molecule has 0 radical (unpaired) electrons. The van der Waals surface area contributed by atoms with Crippen molar-refractivity contribution in [3.8, 4) is 5.75 Å². The number of rotatable bonds is 2. The fourth-order valence-corrected chi connectivity index (χ4v) is 1.65. The molecule has 16 heavy (non-hydrogen) atoms. The maximum atomic E-state index is 11.0. The minimum Gasteiger partial charge on any atom is -0.468 e. The summed E-state index contributed by atoms with van der Waals surface area (Å²) in [5, 5.41) is 0. The summed E-state index contributed by atoms with van der Waals surface area (Å²) in [5.41, 5.74) is 1.05. The van der Waals surface area contributed by atoms with Gasteiger partial charge in [0.1, 0.15) is 11.5 Å². The molecule has 88 valence electrons. The topological polar surface area (TPSA) is 29.5 Å². The normalized spacial score (nSPS) is 17.0. The molecule has 3 nitrogen and oxygen atoms in total. The first-order valence-corrected chi connectivity index (χ1v) is 5.66. The van der Waals surface area contributed by atoms with Crippen LogP contribution in [-0.2, 0) is 4.79 Å². The summed E-state index contributed by atoms with van der Waals surface area (Å²) in [6, 6.07) is 7.82. The number of nitrogens with zero attached hydrogens (tertiary/aromatic N) is 1. The maximum Gasteiger partial charge on any atom is 0.179 e. The summed E-state index contributed by atoms with van der Waals surface area (Å²) in [6.07, 6.45) is 0.301. The van der Waals surface area contributed by atoms with Crippen LogP contribution in [0.4, 0.5) is 5.69 Å². The number of hydrogen-bond donors (Lipinski definition) is 0. The molecule has 0 saturated heterocycles. The van der Waals surface area contributed by atoms with Crippen LogP contribution >= 0.6 is 0 Å². The van der Waals surface area contributed by atoms with Gasteiger partial charge >= 0.3 is 0 Å². The molecule has 1 aliphatic heterocycles. The Kier molecular flexibility index (Phi) is 4.35. The summed E-state index contributed by atoms with van der Waals surface area (Å²) >= 11 is 0. The van der Waals surface area contributed by atoms with Gasteiger partial charge in [0.05, 0.1) is 12.1 Å². The zero-order valence-corrected chi connectivity index (χ0v) is 10.4.